The molecule has 0 saturated carbocycles. The molecule has 1 N–H and O–H groups in total. The third kappa shape index (κ3) is 3.74. The molecule has 7 heteroatoms. The van der Waals surface area contributed by atoms with Crippen molar-refractivity contribution in [2.75, 3.05) is 13.1 Å². The van der Waals surface area contributed by atoms with Crippen LogP contribution < -0.4 is 0 Å². The summed E-state index contributed by atoms with van der Waals surface area (Å²) in [7, 11) is 0. The van der Waals surface area contributed by atoms with Crippen molar-refractivity contribution in [2.45, 2.75) is 19.0 Å². The molecule has 1 aromatic carbocycles. The maximum Gasteiger partial charge on any atom is 0.416 e. The first kappa shape index (κ1) is 15.3. The minimum atomic E-state index is -4.43. The zero-order chi connectivity index (χ0) is 15.6. The second-order valence-electron chi connectivity index (χ2n) is 5.08. The Morgan fingerprint density at radius 1 is 1.24 bits per heavy atom. The minimum Gasteiger partial charge on any atom is -0.481 e. The number of nitrogens with zero attached hydrogens (tertiary/aromatic N) is 1. The zero-order valence-corrected chi connectivity index (χ0v) is 11.1. The molecule has 0 bridgehead atoms. The fourth-order valence-corrected chi connectivity index (χ4v) is 2.42. The number of carbonyl (C=O) groups excluding carboxylic acids is 1. The number of halogens is 3. The van der Waals surface area contributed by atoms with E-state index in [9.17, 15) is 22.8 Å². The largest absolute Gasteiger partial charge is 0.481 e. The van der Waals surface area contributed by atoms with Crippen LogP contribution in [0, 0.1) is 5.92 Å². The van der Waals surface area contributed by atoms with Gasteiger partial charge in [0.05, 0.1) is 5.56 Å². The van der Waals surface area contributed by atoms with Gasteiger partial charge >= 0.3 is 12.1 Å². The highest BCUT2D eigenvalue weighted by molar-refractivity contribution is 5.94. The number of carboxylic acids is 1. The van der Waals surface area contributed by atoms with Crippen LogP contribution in [0.3, 0.4) is 0 Å². The molecule has 0 radical (unpaired) electrons. The van der Waals surface area contributed by atoms with E-state index in [0.29, 0.717) is 19.5 Å². The number of alkyl halides is 3. The number of rotatable bonds is 3. The Morgan fingerprint density at radius 2 is 1.86 bits per heavy atom. The van der Waals surface area contributed by atoms with Crippen LogP contribution in [0.25, 0.3) is 0 Å². The van der Waals surface area contributed by atoms with Crippen LogP contribution in [0.4, 0.5) is 13.2 Å². The molecule has 1 heterocycles. The van der Waals surface area contributed by atoms with Crippen LogP contribution in [0.15, 0.2) is 24.3 Å². The Kier molecular flexibility index (Phi) is 4.20. The van der Waals surface area contributed by atoms with Gasteiger partial charge in [0.15, 0.2) is 0 Å². The van der Waals surface area contributed by atoms with E-state index in [2.05, 4.69) is 0 Å². The van der Waals surface area contributed by atoms with E-state index in [1.807, 2.05) is 0 Å². The summed E-state index contributed by atoms with van der Waals surface area (Å²) in [5.41, 5.74) is -0.622. The molecule has 1 unspecified atom stereocenters. The number of amides is 1. The molecule has 4 nitrogen and oxygen atoms in total. The van der Waals surface area contributed by atoms with Gasteiger partial charge in [-0.3, -0.25) is 9.59 Å². The van der Waals surface area contributed by atoms with Gasteiger partial charge in [0, 0.05) is 25.1 Å². The Labute approximate surface area is 119 Å². The summed E-state index contributed by atoms with van der Waals surface area (Å²) >= 11 is 0. The van der Waals surface area contributed by atoms with E-state index in [-0.39, 0.29) is 23.8 Å². The fourth-order valence-electron chi connectivity index (χ4n) is 2.42. The highest BCUT2D eigenvalue weighted by atomic mass is 19.4. The van der Waals surface area contributed by atoms with E-state index in [1.54, 1.807) is 0 Å². The summed E-state index contributed by atoms with van der Waals surface area (Å²) < 4.78 is 37.3. The Hall–Kier alpha value is -2.05. The second-order valence-corrected chi connectivity index (χ2v) is 5.08. The maximum atomic E-state index is 12.4. The van der Waals surface area contributed by atoms with Crippen molar-refractivity contribution in [3.63, 3.8) is 0 Å². The minimum absolute atomic E-state index is 0.00318. The van der Waals surface area contributed by atoms with Crippen LogP contribution >= 0.6 is 0 Å². The molecule has 1 amide bonds. The van der Waals surface area contributed by atoms with Crippen LogP contribution in [-0.2, 0) is 11.0 Å². The number of carbonyl (C=O) groups is 2. The fraction of sp³-hybridized carbons (Fsp3) is 0.429. The lowest BCUT2D eigenvalue weighted by molar-refractivity contribution is -0.138. The topological polar surface area (TPSA) is 57.6 Å². The van der Waals surface area contributed by atoms with Crippen molar-refractivity contribution < 1.29 is 27.9 Å². The predicted octanol–water partition coefficient (Wildman–Crippen LogP) is 2.64. The lowest BCUT2D eigenvalue weighted by Gasteiger charge is -2.16. The summed E-state index contributed by atoms with van der Waals surface area (Å²) in [6, 6.07) is 4.04. The molecule has 1 aromatic rings. The first-order chi connectivity index (χ1) is 9.77. The molecule has 1 aliphatic rings. The smallest absolute Gasteiger partial charge is 0.416 e. The van der Waals surface area contributed by atoms with Crippen molar-refractivity contribution in [3.8, 4) is 0 Å². The number of benzene rings is 1. The monoisotopic (exact) mass is 301 g/mol. The maximum absolute atomic E-state index is 12.4. The standard InChI is InChI=1S/C14H14F3NO3/c15-14(16,17)11-3-1-10(2-4-11)13(21)18-6-5-9(8-18)7-12(19)20/h1-4,9H,5-8H2,(H,19,20). The number of hydrogen-bond acceptors (Lipinski definition) is 2. The molecule has 21 heavy (non-hydrogen) atoms. The highest BCUT2D eigenvalue weighted by Crippen LogP contribution is 2.29. The van der Waals surface area contributed by atoms with Gasteiger partial charge in [0.1, 0.15) is 0 Å². The van der Waals surface area contributed by atoms with Crippen LogP contribution in [0.2, 0.25) is 0 Å². The number of likely N-dealkylation sites (tertiary alicyclic amines) is 1. The number of hydrogen-bond donors (Lipinski definition) is 1. The normalized spacial score (nSPS) is 18.8. The van der Waals surface area contributed by atoms with Gasteiger partial charge in [0.25, 0.3) is 5.91 Å². The average molecular weight is 301 g/mol. The van der Waals surface area contributed by atoms with Gasteiger partial charge < -0.3 is 10.0 Å². The third-order valence-electron chi connectivity index (χ3n) is 3.50. The molecule has 2 rings (SSSR count). The first-order valence-corrected chi connectivity index (χ1v) is 6.45. The lowest BCUT2D eigenvalue weighted by atomic mass is 10.1. The van der Waals surface area contributed by atoms with Crippen LogP contribution in [-0.4, -0.2) is 35.0 Å². The van der Waals surface area contributed by atoms with Crippen molar-refractivity contribution in [2.24, 2.45) is 5.92 Å². The van der Waals surface area contributed by atoms with Crippen molar-refractivity contribution >= 4 is 11.9 Å². The lowest BCUT2D eigenvalue weighted by Crippen LogP contribution is -2.29. The summed E-state index contributed by atoms with van der Waals surface area (Å²) in [6.45, 7) is 0.754. The van der Waals surface area contributed by atoms with Gasteiger partial charge in [-0.1, -0.05) is 0 Å². The molecule has 1 saturated heterocycles. The molecular formula is C14H14F3NO3. The first-order valence-electron chi connectivity index (χ1n) is 6.45. The predicted molar refractivity (Wildman–Crippen MR) is 67.7 cm³/mol. The Balaban J connectivity index is 2.03. The van der Waals surface area contributed by atoms with Gasteiger partial charge in [-0.15, -0.1) is 0 Å². The van der Waals surface area contributed by atoms with Gasteiger partial charge in [-0.05, 0) is 36.6 Å². The van der Waals surface area contributed by atoms with Gasteiger partial charge in [0.2, 0.25) is 0 Å². The number of carboxylic acid groups (broad SMARTS) is 1. The average Bonchev–Trinajstić information content (AvgIpc) is 2.84. The second kappa shape index (κ2) is 5.75. The number of aliphatic carboxylic acids is 1. The van der Waals surface area contributed by atoms with Crippen LogP contribution in [0.1, 0.15) is 28.8 Å². The highest BCUT2D eigenvalue weighted by Gasteiger charge is 2.31. The molecule has 1 fully saturated rings. The van der Waals surface area contributed by atoms with Gasteiger partial charge in [-0.2, -0.15) is 13.2 Å². The third-order valence-corrected chi connectivity index (χ3v) is 3.50. The summed E-state index contributed by atoms with van der Waals surface area (Å²) in [5.74, 6) is -1.37. The van der Waals surface area contributed by atoms with Gasteiger partial charge in [-0.25, -0.2) is 0 Å². The molecule has 1 atom stereocenters. The molecule has 0 aromatic heterocycles. The van der Waals surface area contributed by atoms with Crippen molar-refractivity contribution in [1.29, 1.82) is 0 Å². The molecule has 114 valence electrons. The van der Waals surface area contributed by atoms with E-state index in [1.165, 1.54) is 4.90 Å². The zero-order valence-electron chi connectivity index (χ0n) is 11.1. The molecule has 0 aliphatic carbocycles. The molecule has 1 aliphatic heterocycles. The van der Waals surface area contributed by atoms with E-state index in [0.717, 1.165) is 24.3 Å². The summed E-state index contributed by atoms with van der Waals surface area (Å²) in [6.07, 6.45) is -3.84. The summed E-state index contributed by atoms with van der Waals surface area (Å²) in [4.78, 5) is 24.2. The molecular weight excluding hydrogens is 287 g/mol. The summed E-state index contributed by atoms with van der Waals surface area (Å²) in [5, 5.41) is 8.71. The van der Waals surface area contributed by atoms with Crippen molar-refractivity contribution in [3.05, 3.63) is 35.4 Å². The van der Waals surface area contributed by atoms with Crippen LogP contribution in [0.5, 0.6) is 0 Å². The quantitative estimate of drug-likeness (QED) is 0.933. The SMILES string of the molecule is O=C(O)CC1CCN(C(=O)c2ccc(C(F)(F)F)cc2)C1. The Morgan fingerprint density at radius 3 is 2.38 bits per heavy atom. The van der Waals surface area contributed by atoms with E-state index >= 15 is 0 Å². The van der Waals surface area contributed by atoms with E-state index < -0.39 is 17.7 Å². The van der Waals surface area contributed by atoms with Crippen molar-refractivity contribution in [1.82, 2.24) is 4.90 Å². The van der Waals surface area contributed by atoms with E-state index in [4.69, 9.17) is 5.11 Å². The Bertz CT molecular complexity index is 539. The molecule has 0 spiro atoms.